The summed E-state index contributed by atoms with van der Waals surface area (Å²) in [6, 6.07) is 30.6. The molecule has 0 bridgehead atoms. The van der Waals surface area contributed by atoms with Crippen molar-refractivity contribution in [3.8, 4) is 23.0 Å². The minimum Gasteiger partial charge on any atom is -0.497 e. The lowest BCUT2D eigenvalue weighted by Gasteiger charge is -2.09. The molecular weight excluding hydrogens is 516 g/mol. The van der Waals surface area contributed by atoms with Gasteiger partial charge in [0.2, 0.25) is 11.8 Å². The highest BCUT2D eigenvalue weighted by Crippen LogP contribution is 2.22. The predicted molar refractivity (Wildman–Crippen MR) is 160 cm³/mol. The third-order valence-corrected chi connectivity index (χ3v) is 6.55. The van der Waals surface area contributed by atoms with Gasteiger partial charge < -0.3 is 24.8 Å². The fourth-order valence-corrected chi connectivity index (χ4v) is 4.33. The molecule has 7 nitrogen and oxygen atoms in total. The Balaban J connectivity index is 1.16. The molecule has 0 spiro atoms. The van der Waals surface area contributed by atoms with Crippen molar-refractivity contribution in [2.75, 3.05) is 27.3 Å². The molecule has 0 aliphatic heterocycles. The zero-order valence-electron chi connectivity index (χ0n) is 23.5. The van der Waals surface area contributed by atoms with E-state index in [9.17, 15) is 9.59 Å². The first-order valence-electron chi connectivity index (χ1n) is 13.7. The van der Waals surface area contributed by atoms with Crippen molar-refractivity contribution in [1.82, 2.24) is 10.6 Å². The zero-order valence-corrected chi connectivity index (χ0v) is 23.5. The van der Waals surface area contributed by atoms with Gasteiger partial charge in [0.1, 0.15) is 23.0 Å². The van der Waals surface area contributed by atoms with Gasteiger partial charge in [0, 0.05) is 13.1 Å². The van der Waals surface area contributed by atoms with E-state index in [-0.39, 0.29) is 11.8 Å². The first kappa shape index (κ1) is 29.2. The van der Waals surface area contributed by atoms with Crippen LogP contribution in [0, 0.1) is 0 Å². The summed E-state index contributed by atoms with van der Waals surface area (Å²) in [7, 11) is 3.28. The molecule has 0 aliphatic rings. The second kappa shape index (κ2) is 15.1. The van der Waals surface area contributed by atoms with Crippen LogP contribution in [-0.4, -0.2) is 39.1 Å². The van der Waals surface area contributed by atoms with Crippen molar-refractivity contribution in [1.29, 1.82) is 0 Å². The van der Waals surface area contributed by atoms with Crippen molar-refractivity contribution in [2.45, 2.75) is 25.7 Å². The van der Waals surface area contributed by atoms with Gasteiger partial charge in [-0.1, -0.05) is 48.5 Å². The molecule has 0 fully saturated rings. The van der Waals surface area contributed by atoms with Crippen LogP contribution in [0.2, 0.25) is 0 Å². The highest BCUT2D eigenvalue weighted by atomic mass is 16.5. The third kappa shape index (κ3) is 9.72. The van der Waals surface area contributed by atoms with Crippen molar-refractivity contribution in [2.24, 2.45) is 0 Å². The third-order valence-electron chi connectivity index (χ3n) is 6.55. The van der Waals surface area contributed by atoms with E-state index in [0.717, 1.165) is 46.6 Å². The van der Waals surface area contributed by atoms with Gasteiger partial charge in [-0.3, -0.25) is 9.59 Å². The summed E-state index contributed by atoms with van der Waals surface area (Å²) in [5, 5.41) is 5.94. The Morgan fingerprint density at radius 2 is 0.951 bits per heavy atom. The largest absolute Gasteiger partial charge is 0.497 e. The minimum absolute atomic E-state index is 0.0264. The first-order valence-corrected chi connectivity index (χ1v) is 13.7. The van der Waals surface area contributed by atoms with Crippen LogP contribution in [0.3, 0.4) is 0 Å². The minimum atomic E-state index is -0.0264. The molecule has 41 heavy (non-hydrogen) atoms. The van der Waals surface area contributed by atoms with Gasteiger partial charge in [0.15, 0.2) is 0 Å². The molecule has 0 aromatic heterocycles. The van der Waals surface area contributed by atoms with Gasteiger partial charge in [-0.2, -0.15) is 0 Å². The van der Waals surface area contributed by atoms with Gasteiger partial charge in [-0.05, 0) is 83.6 Å². The molecule has 0 radical (unpaired) electrons. The monoisotopic (exact) mass is 552 g/mol. The normalized spacial score (nSPS) is 10.5. The molecule has 7 heteroatoms. The molecule has 4 rings (SSSR count). The SMILES string of the molecule is COc1cccc(CCNC(=O)Cc2ccc(Oc3ccc(CC(=O)NCCc4cccc(OC)c4)cc3)cc2)c1. The summed E-state index contributed by atoms with van der Waals surface area (Å²) in [6.45, 7) is 1.13. The number of carbonyl (C=O) groups is 2. The molecule has 0 heterocycles. The maximum absolute atomic E-state index is 12.4. The van der Waals surface area contributed by atoms with Crippen molar-refractivity contribution in [3.63, 3.8) is 0 Å². The molecule has 0 unspecified atom stereocenters. The Morgan fingerprint density at radius 3 is 1.34 bits per heavy atom. The topological polar surface area (TPSA) is 85.9 Å². The Kier molecular flexibility index (Phi) is 10.8. The second-order valence-corrected chi connectivity index (χ2v) is 9.65. The summed E-state index contributed by atoms with van der Waals surface area (Å²) in [6.07, 6.45) is 2.08. The van der Waals surface area contributed by atoms with E-state index in [1.54, 1.807) is 14.2 Å². The quantitative estimate of drug-likeness (QED) is 0.222. The first-order chi connectivity index (χ1) is 20.0. The molecule has 4 aromatic carbocycles. The number of methoxy groups -OCH3 is 2. The lowest BCUT2D eigenvalue weighted by atomic mass is 10.1. The van der Waals surface area contributed by atoms with Gasteiger partial charge in [-0.15, -0.1) is 0 Å². The maximum atomic E-state index is 12.4. The van der Waals surface area contributed by atoms with Crippen LogP contribution in [-0.2, 0) is 35.3 Å². The van der Waals surface area contributed by atoms with E-state index in [2.05, 4.69) is 10.6 Å². The van der Waals surface area contributed by atoms with Crippen molar-refractivity contribution >= 4 is 11.8 Å². The Labute approximate surface area is 241 Å². The number of amides is 2. The number of hydrogen-bond donors (Lipinski definition) is 2. The zero-order chi connectivity index (χ0) is 28.9. The number of ether oxygens (including phenoxy) is 3. The molecule has 212 valence electrons. The summed E-state index contributed by atoms with van der Waals surface area (Å²) < 4.78 is 16.4. The van der Waals surface area contributed by atoms with Gasteiger partial charge >= 0.3 is 0 Å². The van der Waals surface area contributed by atoms with Crippen LogP contribution < -0.4 is 24.8 Å². The summed E-state index contributed by atoms with van der Waals surface area (Å²) >= 11 is 0. The van der Waals surface area contributed by atoms with E-state index in [1.165, 1.54) is 0 Å². The number of hydrogen-bond acceptors (Lipinski definition) is 5. The van der Waals surface area contributed by atoms with Crippen molar-refractivity contribution < 1.29 is 23.8 Å². The fourth-order valence-electron chi connectivity index (χ4n) is 4.33. The van der Waals surface area contributed by atoms with E-state index >= 15 is 0 Å². The average Bonchev–Trinajstić information content (AvgIpc) is 2.99. The number of nitrogens with one attached hydrogen (secondary N) is 2. The Hall–Kier alpha value is -4.78. The van der Waals surface area contributed by atoms with E-state index in [4.69, 9.17) is 14.2 Å². The summed E-state index contributed by atoms with van der Waals surface area (Å²) in [5.74, 6) is 2.92. The lowest BCUT2D eigenvalue weighted by molar-refractivity contribution is -0.121. The van der Waals surface area contributed by atoms with Crippen LogP contribution in [0.15, 0.2) is 97.1 Å². The number of benzene rings is 4. The Bertz CT molecular complexity index is 1310. The smallest absolute Gasteiger partial charge is 0.224 e. The maximum Gasteiger partial charge on any atom is 0.224 e. The van der Waals surface area contributed by atoms with Crippen LogP contribution in [0.5, 0.6) is 23.0 Å². The van der Waals surface area contributed by atoms with Crippen LogP contribution >= 0.6 is 0 Å². The molecule has 2 amide bonds. The summed E-state index contributed by atoms with van der Waals surface area (Å²) in [4.78, 5) is 24.7. The van der Waals surface area contributed by atoms with Gasteiger partial charge in [0.25, 0.3) is 0 Å². The second-order valence-electron chi connectivity index (χ2n) is 9.65. The highest BCUT2D eigenvalue weighted by Gasteiger charge is 2.07. The predicted octanol–water partition coefficient (Wildman–Crippen LogP) is 5.30. The molecule has 0 aliphatic carbocycles. The number of carbonyl (C=O) groups excluding carboxylic acids is 2. The molecular formula is C34H36N2O5. The number of rotatable bonds is 14. The molecule has 0 atom stereocenters. The Morgan fingerprint density at radius 1 is 0.537 bits per heavy atom. The molecule has 2 N–H and O–H groups in total. The average molecular weight is 553 g/mol. The van der Waals surface area contributed by atoms with E-state index in [1.807, 2.05) is 97.1 Å². The fraction of sp³-hybridized carbons (Fsp3) is 0.235. The van der Waals surface area contributed by atoms with Crippen LogP contribution in [0.25, 0.3) is 0 Å². The van der Waals surface area contributed by atoms with E-state index in [0.29, 0.717) is 37.4 Å². The van der Waals surface area contributed by atoms with Crippen LogP contribution in [0.4, 0.5) is 0 Å². The van der Waals surface area contributed by atoms with Gasteiger partial charge in [0.05, 0.1) is 27.1 Å². The standard InChI is InChI=1S/C34H36N2O5/c1-39-31-7-3-5-25(21-31)17-19-35-33(37)23-27-9-13-29(14-10-27)41-30-15-11-28(12-16-30)24-34(38)36-20-18-26-6-4-8-32(22-26)40-2/h3-16,21-22H,17-20,23-24H2,1-2H3,(H,35,37)(H,36,38). The molecule has 4 aromatic rings. The van der Waals surface area contributed by atoms with Crippen LogP contribution in [0.1, 0.15) is 22.3 Å². The highest BCUT2D eigenvalue weighted by molar-refractivity contribution is 5.79. The van der Waals surface area contributed by atoms with E-state index < -0.39 is 0 Å². The van der Waals surface area contributed by atoms with Crippen molar-refractivity contribution in [3.05, 3.63) is 119 Å². The summed E-state index contributed by atoms with van der Waals surface area (Å²) in [5.41, 5.74) is 4.04. The lowest BCUT2D eigenvalue weighted by Crippen LogP contribution is -2.27. The molecule has 0 saturated heterocycles. The van der Waals surface area contributed by atoms with Gasteiger partial charge in [-0.25, -0.2) is 0 Å². The molecule has 0 saturated carbocycles.